The van der Waals surface area contributed by atoms with Gasteiger partial charge in [-0.15, -0.1) is 0 Å². The molecule has 4 heterocycles. The van der Waals surface area contributed by atoms with Crippen LogP contribution >= 0.6 is 0 Å². The number of fused-ring (bicyclic) bond motifs is 1. The number of nitrogens with zero attached hydrogens (tertiary/aromatic N) is 7. The lowest BCUT2D eigenvalue weighted by Gasteiger charge is -2.43. The molecule has 0 spiro atoms. The Kier molecular flexibility index (Phi) is 4.41. The second-order valence-corrected chi connectivity index (χ2v) is 10.3. The molecule has 8 heteroatoms. The van der Waals surface area contributed by atoms with E-state index in [-0.39, 0.29) is 12.0 Å². The van der Waals surface area contributed by atoms with Crippen LogP contribution < -0.4 is 4.90 Å². The molecule has 0 radical (unpaired) electrons. The van der Waals surface area contributed by atoms with Gasteiger partial charge in [0, 0.05) is 49.4 Å². The molecule has 1 amide bonds. The lowest BCUT2D eigenvalue weighted by atomic mass is 10.0. The summed E-state index contributed by atoms with van der Waals surface area (Å²) in [6, 6.07) is 4.67. The molecule has 8 nitrogen and oxygen atoms in total. The molecular formula is C26H27N7O. The number of anilines is 1. The van der Waals surface area contributed by atoms with E-state index in [2.05, 4.69) is 25.8 Å². The summed E-state index contributed by atoms with van der Waals surface area (Å²) in [4.78, 5) is 31.2. The minimum absolute atomic E-state index is 0.241. The fraction of sp³-hybridized carbons (Fsp3) is 0.500. The van der Waals surface area contributed by atoms with Gasteiger partial charge in [0.05, 0.1) is 35.4 Å². The van der Waals surface area contributed by atoms with E-state index >= 15 is 0 Å². The van der Waals surface area contributed by atoms with Gasteiger partial charge in [0.2, 0.25) is 5.91 Å². The zero-order chi connectivity index (χ0) is 22.8. The smallest absolute Gasteiger partial charge is 0.226 e. The van der Waals surface area contributed by atoms with E-state index < -0.39 is 0 Å². The highest BCUT2D eigenvalue weighted by molar-refractivity contribution is 5.82. The van der Waals surface area contributed by atoms with Crippen LogP contribution in [0.2, 0.25) is 0 Å². The number of hydrogen-bond acceptors (Lipinski definition) is 6. The number of hydrogen-bond donors (Lipinski definition) is 0. The maximum Gasteiger partial charge on any atom is 0.226 e. The normalized spacial score (nSPS) is 22.7. The molecule has 3 aromatic rings. The standard InChI is InChI=1S/C26H27N7O/c27-12-19-11-20(21-13-29-23-14-28-7-8-32(21)23)24(17-3-4-17)30-25(19)31-9-10-33(26(34)18-5-6-18)22(15-31)16-1-2-16/h7-8,11,13-14,16-18,22H,1-6,9-10,15H2/t22-/m0/s1. The lowest BCUT2D eigenvalue weighted by molar-refractivity contribution is -0.135. The van der Waals surface area contributed by atoms with E-state index in [0.717, 1.165) is 73.7 Å². The largest absolute Gasteiger partial charge is 0.352 e. The molecule has 3 aliphatic carbocycles. The summed E-state index contributed by atoms with van der Waals surface area (Å²) in [6.07, 6.45) is 14.0. The molecule has 1 aliphatic heterocycles. The van der Waals surface area contributed by atoms with Crippen molar-refractivity contribution in [2.75, 3.05) is 24.5 Å². The summed E-state index contributed by atoms with van der Waals surface area (Å²) in [5.41, 5.74) is 4.38. The summed E-state index contributed by atoms with van der Waals surface area (Å²) < 4.78 is 2.02. The Morgan fingerprint density at radius 3 is 2.68 bits per heavy atom. The topological polar surface area (TPSA) is 90.4 Å². The molecule has 3 aromatic heterocycles. The minimum Gasteiger partial charge on any atom is -0.352 e. The van der Waals surface area contributed by atoms with Crippen LogP contribution in [0.4, 0.5) is 5.82 Å². The van der Waals surface area contributed by atoms with Crippen molar-refractivity contribution in [3.63, 3.8) is 0 Å². The van der Waals surface area contributed by atoms with Gasteiger partial charge in [-0.1, -0.05) is 0 Å². The Labute approximate surface area is 198 Å². The van der Waals surface area contributed by atoms with Crippen LogP contribution in [0.25, 0.3) is 16.9 Å². The third-order valence-corrected chi connectivity index (χ3v) is 7.80. The van der Waals surface area contributed by atoms with Gasteiger partial charge in [-0.05, 0) is 50.5 Å². The monoisotopic (exact) mass is 453 g/mol. The predicted octanol–water partition coefficient (Wildman–Crippen LogP) is 3.38. The van der Waals surface area contributed by atoms with Gasteiger partial charge in [-0.3, -0.25) is 14.2 Å². The molecule has 0 unspecified atom stereocenters. The first-order valence-corrected chi connectivity index (χ1v) is 12.5. The van der Waals surface area contributed by atoms with E-state index in [0.29, 0.717) is 23.3 Å². The van der Waals surface area contributed by atoms with Crippen LogP contribution in [0.15, 0.2) is 30.9 Å². The summed E-state index contributed by atoms with van der Waals surface area (Å²) in [5.74, 6) is 2.40. The molecule has 34 heavy (non-hydrogen) atoms. The molecule has 172 valence electrons. The fourth-order valence-corrected chi connectivity index (χ4v) is 5.48. The van der Waals surface area contributed by atoms with Gasteiger partial charge < -0.3 is 9.80 Å². The van der Waals surface area contributed by atoms with E-state index in [4.69, 9.17) is 4.98 Å². The van der Waals surface area contributed by atoms with Crippen LogP contribution in [0, 0.1) is 23.2 Å². The molecule has 1 saturated heterocycles. The molecule has 4 aliphatic rings. The Hall–Kier alpha value is -3.47. The van der Waals surface area contributed by atoms with Crippen molar-refractivity contribution < 1.29 is 4.79 Å². The Balaban J connectivity index is 1.27. The highest BCUT2D eigenvalue weighted by Gasteiger charge is 2.45. The Bertz CT molecular complexity index is 1330. The maximum atomic E-state index is 12.9. The molecule has 3 saturated carbocycles. The number of piperazine rings is 1. The highest BCUT2D eigenvalue weighted by atomic mass is 16.2. The van der Waals surface area contributed by atoms with Crippen LogP contribution in [0.3, 0.4) is 0 Å². The van der Waals surface area contributed by atoms with E-state index in [1.165, 1.54) is 12.8 Å². The molecular weight excluding hydrogens is 426 g/mol. The van der Waals surface area contributed by atoms with E-state index in [1.807, 2.05) is 22.9 Å². The fourth-order valence-electron chi connectivity index (χ4n) is 5.48. The van der Waals surface area contributed by atoms with Crippen molar-refractivity contribution in [2.24, 2.45) is 11.8 Å². The number of aromatic nitrogens is 4. The number of pyridine rings is 1. The van der Waals surface area contributed by atoms with Crippen molar-refractivity contribution in [2.45, 2.75) is 50.5 Å². The number of nitriles is 1. The van der Waals surface area contributed by atoms with Crippen molar-refractivity contribution in [3.05, 3.63) is 42.1 Å². The van der Waals surface area contributed by atoms with Crippen LogP contribution in [0.1, 0.15) is 55.7 Å². The van der Waals surface area contributed by atoms with Gasteiger partial charge in [-0.2, -0.15) is 5.26 Å². The first kappa shape index (κ1) is 20.0. The second kappa shape index (κ2) is 7.52. The number of carbonyl (C=O) groups is 1. The first-order valence-electron chi connectivity index (χ1n) is 12.5. The third-order valence-electron chi connectivity index (χ3n) is 7.80. The molecule has 1 atom stereocenters. The molecule has 0 aromatic carbocycles. The minimum atomic E-state index is 0.241. The van der Waals surface area contributed by atoms with Crippen molar-refractivity contribution in [3.8, 4) is 17.3 Å². The zero-order valence-electron chi connectivity index (χ0n) is 19.1. The average molecular weight is 454 g/mol. The van der Waals surface area contributed by atoms with Crippen LogP contribution in [-0.4, -0.2) is 55.8 Å². The first-order chi connectivity index (χ1) is 16.7. The number of imidazole rings is 1. The Morgan fingerprint density at radius 2 is 1.94 bits per heavy atom. The molecule has 4 fully saturated rings. The van der Waals surface area contributed by atoms with Gasteiger partial charge >= 0.3 is 0 Å². The van der Waals surface area contributed by atoms with Crippen molar-refractivity contribution in [1.29, 1.82) is 5.26 Å². The molecule has 0 N–H and O–H groups in total. The van der Waals surface area contributed by atoms with Gasteiger partial charge in [0.1, 0.15) is 11.9 Å². The highest BCUT2D eigenvalue weighted by Crippen LogP contribution is 2.46. The SMILES string of the molecule is N#Cc1cc(-c2cnc3cnccn23)c(C2CC2)nc1N1CCN(C(=O)C2CC2)[C@H](C2CC2)C1. The maximum absolute atomic E-state index is 12.9. The Morgan fingerprint density at radius 1 is 1.09 bits per heavy atom. The summed E-state index contributed by atoms with van der Waals surface area (Å²) in [6.45, 7) is 2.23. The number of carbonyl (C=O) groups excluding carboxylic acids is 1. The van der Waals surface area contributed by atoms with Gasteiger partial charge in [-0.25, -0.2) is 9.97 Å². The van der Waals surface area contributed by atoms with Crippen molar-refractivity contribution in [1.82, 2.24) is 24.3 Å². The van der Waals surface area contributed by atoms with E-state index in [9.17, 15) is 10.1 Å². The summed E-state index contributed by atoms with van der Waals surface area (Å²) >= 11 is 0. The number of amides is 1. The predicted molar refractivity (Wildman–Crippen MR) is 126 cm³/mol. The van der Waals surface area contributed by atoms with Crippen molar-refractivity contribution >= 4 is 17.4 Å². The average Bonchev–Trinajstić information content (AvgIpc) is 3.73. The van der Waals surface area contributed by atoms with E-state index in [1.54, 1.807) is 12.4 Å². The van der Waals surface area contributed by atoms with Gasteiger partial charge in [0.25, 0.3) is 0 Å². The third kappa shape index (κ3) is 3.33. The summed E-state index contributed by atoms with van der Waals surface area (Å²) in [5, 5.41) is 10.1. The zero-order valence-corrected chi connectivity index (χ0v) is 19.1. The van der Waals surface area contributed by atoms with Crippen LogP contribution in [0.5, 0.6) is 0 Å². The summed E-state index contributed by atoms with van der Waals surface area (Å²) in [7, 11) is 0. The number of rotatable bonds is 5. The lowest BCUT2D eigenvalue weighted by Crippen LogP contribution is -2.57. The molecule has 0 bridgehead atoms. The quantitative estimate of drug-likeness (QED) is 0.588. The van der Waals surface area contributed by atoms with Gasteiger partial charge in [0.15, 0.2) is 5.65 Å². The molecule has 7 rings (SSSR count). The van der Waals surface area contributed by atoms with Crippen LogP contribution in [-0.2, 0) is 4.79 Å². The second-order valence-electron chi connectivity index (χ2n) is 10.3.